The van der Waals surface area contributed by atoms with Gasteiger partial charge in [-0.15, -0.1) is 0 Å². The third-order valence-corrected chi connectivity index (χ3v) is 2.53. The smallest absolute Gasteiger partial charge is 0.203 e. The third kappa shape index (κ3) is 1.67. The molecular weight excluding hydrogens is 164 g/mol. The van der Waals surface area contributed by atoms with E-state index < -0.39 is 0 Å². The molecule has 0 radical (unpaired) electrons. The number of anilines is 1. The molecule has 1 aliphatic rings. The van der Waals surface area contributed by atoms with Gasteiger partial charge in [-0.1, -0.05) is 0 Å². The molecule has 1 aromatic rings. The first-order chi connectivity index (χ1) is 6.27. The Labute approximate surface area is 78.4 Å². The second-order valence-electron chi connectivity index (χ2n) is 3.51. The lowest BCUT2D eigenvalue weighted by Crippen LogP contribution is -2.44. The Hall–Kier alpha value is -1.03. The van der Waals surface area contributed by atoms with Gasteiger partial charge in [0, 0.05) is 31.9 Å². The van der Waals surface area contributed by atoms with Gasteiger partial charge in [0.15, 0.2) is 0 Å². The van der Waals surface area contributed by atoms with Crippen molar-refractivity contribution in [2.75, 3.05) is 31.1 Å². The lowest BCUT2D eigenvalue weighted by Gasteiger charge is -2.26. The molecule has 0 atom stereocenters. The molecule has 0 spiro atoms. The largest absolute Gasteiger partial charge is 0.340 e. The van der Waals surface area contributed by atoms with E-state index in [-0.39, 0.29) is 0 Å². The molecule has 4 heteroatoms. The van der Waals surface area contributed by atoms with Crippen LogP contribution in [0, 0.1) is 13.8 Å². The molecule has 2 heterocycles. The number of nitrogens with one attached hydrogen (secondary N) is 2. The lowest BCUT2D eigenvalue weighted by molar-refractivity contribution is 0.581. The van der Waals surface area contributed by atoms with E-state index in [2.05, 4.69) is 27.1 Å². The summed E-state index contributed by atoms with van der Waals surface area (Å²) in [7, 11) is 0. The van der Waals surface area contributed by atoms with Gasteiger partial charge in [-0.05, 0) is 13.8 Å². The minimum atomic E-state index is 1.02. The van der Waals surface area contributed by atoms with E-state index in [1.807, 2.05) is 6.92 Å². The SMILES string of the molecule is Cc1nc(N2CCNCC2)[nH]c1C. The first-order valence-corrected chi connectivity index (χ1v) is 4.76. The fourth-order valence-electron chi connectivity index (χ4n) is 1.56. The van der Waals surface area contributed by atoms with Crippen molar-refractivity contribution < 1.29 is 0 Å². The van der Waals surface area contributed by atoms with Crippen LogP contribution in [0.4, 0.5) is 5.95 Å². The normalized spacial score (nSPS) is 17.8. The number of aryl methyl sites for hydroxylation is 2. The van der Waals surface area contributed by atoms with Crippen LogP contribution < -0.4 is 10.2 Å². The van der Waals surface area contributed by atoms with Crippen molar-refractivity contribution in [1.82, 2.24) is 15.3 Å². The summed E-state index contributed by atoms with van der Waals surface area (Å²) in [4.78, 5) is 10.1. The second-order valence-corrected chi connectivity index (χ2v) is 3.51. The predicted octanol–water partition coefficient (Wildman–Crippen LogP) is 0.436. The highest BCUT2D eigenvalue weighted by atomic mass is 15.3. The van der Waals surface area contributed by atoms with Crippen molar-refractivity contribution in [3.63, 3.8) is 0 Å². The molecule has 0 saturated carbocycles. The van der Waals surface area contributed by atoms with Gasteiger partial charge in [0.2, 0.25) is 5.95 Å². The van der Waals surface area contributed by atoms with Crippen LogP contribution in [0.1, 0.15) is 11.4 Å². The van der Waals surface area contributed by atoms with Crippen molar-refractivity contribution in [3.05, 3.63) is 11.4 Å². The molecule has 72 valence electrons. The quantitative estimate of drug-likeness (QED) is 0.659. The standard InChI is InChI=1S/C9H16N4/c1-7-8(2)12-9(11-7)13-5-3-10-4-6-13/h10H,3-6H2,1-2H3,(H,11,12). The fraction of sp³-hybridized carbons (Fsp3) is 0.667. The van der Waals surface area contributed by atoms with Crippen LogP contribution in [0.2, 0.25) is 0 Å². The van der Waals surface area contributed by atoms with Crippen LogP contribution in [0.15, 0.2) is 0 Å². The van der Waals surface area contributed by atoms with Crippen LogP contribution in [0.5, 0.6) is 0 Å². The molecule has 0 aliphatic carbocycles. The van der Waals surface area contributed by atoms with Crippen molar-refractivity contribution in [3.8, 4) is 0 Å². The zero-order valence-corrected chi connectivity index (χ0v) is 8.22. The van der Waals surface area contributed by atoms with Crippen LogP contribution in [0.3, 0.4) is 0 Å². The molecule has 0 bridgehead atoms. The van der Waals surface area contributed by atoms with Gasteiger partial charge >= 0.3 is 0 Å². The van der Waals surface area contributed by atoms with Crippen molar-refractivity contribution in [2.45, 2.75) is 13.8 Å². The number of hydrogen-bond acceptors (Lipinski definition) is 3. The van der Waals surface area contributed by atoms with E-state index in [0.29, 0.717) is 0 Å². The maximum absolute atomic E-state index is 4.48. The van der Waals surface area contributed by atoms with E-state index in [0.717, 1.165) is 37.8 Å². The number of imidazole rings is 1. The molecule has 1 saturated heterocycles. The van der Waals surface area contributed by atoms with E-state index in [1.54, 1.807) is 0 Å². The van der Waals surface area contributed by atoms with Gasteiger partial charge in [0.05, 0.1) is 5.69 Å². The van der Waals surface area contributed by atoms with Gasteiger partial charge < -0.3 is 15.2 Å². The minimum Gasteiger partial charge on any atom is -0.340 e. The predicted molar refractivity (Wildman–Crippen MR) is 53.1 cm³/mol. The number of aromatic amines is 1. The van der Waals surface area contributed by atoms with Gasteiger partial charge in [-0.25, -0.2) is 4.98 Å². The summed E-state index contributed by atoms with van der Waals surface area (Å²) >= 11 is 0. The zero-order chi connectivity index (χ0) is 9.26. The first kappa shape index (κ1) is 8.56. The number of aromatic nitrogens is 2. The summed E-state index contributed by atoms with van der Waals surface area (Å²) in [5, 5.41) is 3.32. The average Bonchev–Trinajstić information content (AvgIpc) is 2.49. The summed E-state index contributed by atoms with van der Waals surface area (Å²) in [5.74, 6) is 1.02. The molecule has 0 amide bonds. The van der Waals surface area contributed by atoms with Crippen molar-refractivity contribution in [1.29, 1.82) is 0 Å². The van der Waals surface area contributed by atoms with Gasteiger partial charge in [-0.3, -0.25) is 0 Å². The number of H-pyrrole nitrogens is 1. The molecule has 2 N–H and O–H groups in total. The van der Waals surface area contributed by atoms with Crippen LogP contribution in [-0.4, -0.2) is 36.1 Å². The molecule has 13 heavy (non-hydrogen) atoms. The summed E-state index contributed by atoms with van der Waals surface area (Å²) < 4.78 is 0. The Morgan fingerprint density at radius 1 is 1.23 bits per heavy atom. The monoisotopic (exact) mass is 180 g/mol. The van der Waals surface area contributed by atoms with E-state index >= 15 is 0 Å². The number of nitrogens with zero attached hydrogens (tertiary/aromatic N) is 2. The van der Waals surface area contributed by atoms with Gasteiger partial charge in [0.1, 0.15) is 0 Å². The molecule has 1 fully saturated rings. The van der Waals surface area contributed by atoms with Crippen molar-refractivity contribution in [2.24, 2.45) is 0 Å². The number of piperazine rings is 1. The Morgan fingerprint density at radius 2 is 1.92 bits per heavy atom. The topological polar surface area (TPSA) is 44.0 Å². The maximum Gasteiger partial charge on any atom is 0.203 e. The van der Waals surface area contributed by atoms with E-state index in [1.165, 1.54) is 5.69 Å². The van der Waals surface area contributed by atoms with Crippen LogP contribution in [0.25, 0.3) is 0 Å². The summed E-state index contributed by atoms with van der Waals surface area (Å²) in [6.07, 6.45) is 0. The Bertz CT molecular complexity index is 266. The Kier molecular flexibility index (Phi) is 2.22. The van der Waals surface area contributed by atoms with E-state index in [9.17, 15) is 0 Å². The zero-order valence-electron chi connectivity index (χ0n) is 8.22. The Balaban J connectivity index is 2.14. The lowest BCUT2D eigenvalue weighted by atomic mass is 10.4. The molecule has 4 nitrogen and oxygen atoms in total. The first-order valence-electron chi connectivity index (χ1n) is 4.76. The highest BCUT2D eigenvalue weighted by Crippen LogP contribution is 2.12. The maximum atomic E-state index is 4.48. The molecule has 1 aliphatic heterocycles. The summed E-state index contributed by atoms with van der Waals surface area (Å²) in [6.45, 7) is 8.31. The number of hydrogen-bond donors (Lipinski definition) is 2. The van der Waals surface area contributed by atoms with Gasteiger partial charge in [0.25, 0.3) is 0 Å². The Morgan fingerprint density at radius 3 is 2.46 bits per heavy atom. The highest BCUT2D eigenvalue weighted by molar-refractivity contribution is 5.34. The second kappa shape index (κ2) is 3.38. The van der Waals surface area contributed by atoms with Crippen LogP contribution >= 0.6 is 0 Å². The van der Waals surface area contributed by atoms with Crippen LogP contribution in [-0.2, 0) is 0 Å². The number of rotatable bonds is 1. The van der Waals surface area contributed by atoms with Crippen molar-refractivity contribution >= 4 is 5.95 Å². The summed E-state index contributed by atoms with van der Waals surface area (Å²) in [6, 6.07) is 0. The molecule has 1 aromatic heterocycles. The van der Waals surface area contributed by atoms with Gasteiger partial charge in [-0.2, -0.15) is 0 Å². The third-order valence-electron chi connectivity index (χ3n) is 2.53. The average molecular weight is 180 g/mol. The molecule has 0 unspecified atom stereocenters. The minimum absolute atomic E-state index is 1.02. The molecular formula is C9H16N4. The fourth-order valence-corrected chi connectivity index (χ4v) is 1.56. The van der Waals surface area contributed by atoms with E-state index in [4.69, 9.17) is 0 Å². The summed E-state index contributed by atoms with van der Waals surface area (Å²) in [5.41, 5.74) is 2.28. The highest BCUT2D eigenvalue weighted by Gasteiger charge is 2.13. The molecule has 0 aromatic carbocycles. The molecule has 2 rings (SSSR count).